The highest BCUT2D eigenvalue weighted by Crippen LogP contribution is 2.20. The molecule has 23 heavy (non-hydrogen) atoms. The van der Waals surface area contributed by atoms with Crippen molar-refractivity contribution in [3.8, 4) is 0 Å². The monoisotopic (exact) mass is 319 g/mol. The Morgan fingerprint density at radius 2 is 1.74 bits per heavy atom. The lowest BCUT2D eigenvalue weighted by Crippen LogP contribution is -2.29. The summed E-state index contributed by atoms with van der Waals surface area (Å²) in [4.78, 5) is 25.2. The Labute approximate surface area is 136 Å². The van der Waals surface area contributed by atoms with Gasteiger partial charge in [0.25, 0.3) is 5.91 Å². The zero-order valence-corrected chi connectivity index (χ0v) is 13.4. The summed E-state index contributed by atoms with van der Waals surface area (Å²) >= 11 is 0. The molecule has 1 fully saturated rings. The van der Waals surface area contributed by atoms with E-state index in [1.807, 2.05) is 24.3 Å². The van der Waals surface area contributed by atoms with Crippen LogP contribution >= 0.6 is 0 Å². The first-order chi connectivity index (χ1) is 11.2. The molecule has 1 aromatic rings. The molecule has 6 heteroatoms. The van der Waals surface area contributed by atoms with Crippen LogP contribution in [0.4, 0.5) is 5.69 Å². The number of anilines is 1. The van der Waals surface area contributed by atoms with E-state index < -0.39 is 5.91 Å². The molecule has 0 radical (unpaired) electrons. The minimum absolute atomic E-state index is 0.0956. The van der Waals surface area contributed by atoms with Gasteiger partial charge in [-0.05, 0) is 56.4 Å². The Morgan fingerprint density at radius 3 is 2.39 bits per heavy atom. The zero-order valence-electron chi connectivity index (χ0n) is 13.4. The van der Waals surface area contributed by atoms with Crippen molar-refractivity contribution in [2.45, 2.75) is 38.5 Å². The first-order valence-corrected chi connectivity index (χ1v) is 8.27. The van der Waals surface area contributed by atoms with Gasteiger partial charge in [-0.15, -0.1) is 0 Å². The number of carbonyl (C=O) groups is 2. The van der Waals surface area contributed by atoms with Crippen LogP contribution in [0.5, 0.6) is 0 Å². The van der Waals surface area contributed by atoms with Crippen molar-refractivity contribution in [3.63, 3.8) is 0 Å². The highest BCUT2D eigenvalue weighted by Gasteiger charge is 2.11. The molecule has 1 aliphatic rings. The van der Waals surface area contributed by atoms with Crippen LogP contribution in [-0.2, 0) is 4.79 Å². The highest BCUT2D eigenvalue weighted by atomic mass is 16.5. The molecule has 1 saturated heterocycles. The molecule has 1 heterocycles. The van der Waals surface area contributed by atoms with E-state index in [4.69, 9.17) is 5.21 Å². The number of nitrogens with one attached hydrogen (secondary N) is 2. The van der Waals surface area contributed by atoms with E-state index in [2.05, 4.69) is 10.2 Å². The van der Waals surface area contributed by atoms with Gasteiger partial charge in [-0.2, -0.15) is 0 Å². The lowest BCUT2D eigenvalue weighted by atomic mass is 10.1. The normalized spacial score (nSPS) is 14.4. The van der Waals surface area contributed by atoms with Crippen molar-refractivity contribution in [2.24, 2.45) is 0 Å². The van der Waals surface area contributed by atoms with E-state index in [1.54, 1.807) is 5.48 Å². The second-order valence-corrected chi connectivity index (χ2v) is 5.84. The number of hydroxylamine groups is 1. The number of nitrogens with zero attached hydrogens (tertiary/aromatic N) is 1. The molecule has 0 aliphatic carbocycles. The van der Waals surface area contributed by atoms with E-state index in [0.717, 1.165) is 13.1 Å². The number of hydrogen-bond acceptors (Lipinski definition) is 4. The molecule has 0 atom stereocenters. The second-order valence-electron chi connectivity index (χ2n) is 5.84. The summed E-state index contributed by atoms with van der Waals surface area (Å²) in [5.74, 6) is -0.494. The van der Waals surface area contributed by atoms with E-state index >= 15 is 0 Å². The average Bonchev–Trinajstić information content (AvgIpc) is 2.62. The minimum atomic E-state index is -0.398. The van der Waals surface area contributed by atoms with Crippen LogP contribution in [0.25, 0.3) is 0 Å². The molecule has 3 N–H and O–H groups in total. The number of hydrogen-bond donors (Lipinski definition) is 3. The number of rotatable bonds is 7. The van der Waals surface area contributed by atoms with Gasteiger partial charge in [0.2, 0.25) is 5.91 Å². The van der Waals surface area contributed by atoms with Crippen LogP contribution in [0.3, 0.4) is 0 Å². The van der Waals surface area contributed by atoms with Crippen LogP contribution < -0.4 is 15.7 Å². The van der Waals surface area contributed by atoms with Crippen molar-refractivity contribution in [3.05, 3.63) is 29.8 Å². The lowest BCUT2D eigenvalue weighted by Gasteiger charge is -2.28. The van der Waals surface area contributed by atoms with Gasteiger partial charge >= 0.3 is 0 Å². The number of unbranched alkanes of at least 4 members (excludes halogenated alkanes) is 1. The predicted molar refractivity (Wildman–Crippen MR) is 88.6 cm³/mol. The summed E-state index contributed by atoms with van der Waals surface area (Å²) in [7, 11) is 0. The summed E-state index contributed by atoms with van der Waals surface area (Å²) < 4.78 is 0. The van der Waals surface area contributed by atoms with E-state index in [-0.39, 0.29) is 12.3 Å². The SMILES string of the molecule is O=C(CCCCNC(=O)c1ccc(N2CCCCC2)cc1)NO. The predicted octanol–water partition coefficient (Wildman–Crippen LogP) is 2.08. The van der Waals surface area contributed by atoms with Gasteiger partial charge in [0.05, 0.1) is 0 Å². The van der Waals surface area contributed by atoms with Crippen molar-refractivity contribution in [2.75, 3.05) is 24.5 Å². The van der Waals surface area contributed by atoms with Gasteiger partial charge in [0, 0.05) is 37.3 Å². The fraction of sp³-hybridized carbons (Fsp3) is 0.529. The smallest absolute Gasteiger partial charge is 0.251 e. The number of carbonyl (C=O) groups excluding carboxylic acids is 2. The molecular formula is C17H25N3O3. The molecule has 1 aromatic carbocycles. The molecule has 126 valence electrons. The Morgan fingerprint density at radius 1 is 1.04 bits per heavy atom. The van der Waals surface area contributed by atoms with Gasteiger partial charge in [0.1, 0.15) is 0 Å². The zero-order chi connectivity index (χ0) is 16.5. The molecule has 0 saturated carbocycles. The number of benzene rings is 1. The lowest BCUT2D eigenvalue weighted by molar-refractivity contribution is -0.129. The second kappa shape index (κ2) is 9.15. The van der Waals surface area contributed by atoms with Crippen molar-refractivity contribution < 1.29 is 14.8 Å². The van der Waals surface area contributed by atoms with Crippen LogP contribution in [0.2, 0.25) is 0 Å². The van der Waals surface area contributed by atoms with Gasteiger partial charge in [-0.25, -0.2) is 5.48 Å². The summed E-state index contributed by atoms with van der Waals surface area (Å²) in [5, 5.41) is 11.2. The first kappa shape index (κ1) is 17.3. The summed E-state index contributed by atoms with van der Waals surface area (Å²) in [5.41, 5.74) is 3.42. The van der Waals surface area contributed by atoms with Crippen molar-refractivity contribution in [1.29, 1.82) is 0 Å². The average molecular weight is 319 g/mol. The maximum Gasteiger partial charge on any atom is 0.251 e. The number of piperidine rings is 1. The molecule has 2 rings (SSSR count). The molecule has 6 nitrogen and oxygen atoms in total. The van der Waals surface area contributed by atoms with E-state index in [0.29, 0.717) is 24.9 Å². The number of amides is 2. The largest absolute Gasteiger partial charge is 0.372 e. The third kappa shape index (κ3) is 5.56. The van der Waals surface area contributed by atoms with Gasteiger partial charge in [0.15, 0.2) is 0 Å². The minimum Gasteiger partial charge on any atom is -0.372 e. The maximum absolute atomic E-state index is 12.0. The standard InChI is InChI=1S/C17H25N3O3/c21-16(19-23)6-2-3-11-18-17(22)14-7-9-15(10-8-14)20-12-4-1-5-13-20/h7-10,23H,1-6,11-13H2,(H,18,22)(H,19,21). The van der Waals surface area contributed by atoms with E-state index in [9.17, 15) is 9.59 Å². The van der Waals surface area contributed by atoms with Gasteiger partial charge < -0.3 is 10.2 Å². The Kier molecular flexibility index (Phi) is 6.87. The van der Waals surface area contributed by atoms with Crippen LogP contribution in [-0.4, -0.2) is 36.7 Å². The van der Waals surface area contributed by atoms with Crippen LogP contribution in [0.1, 0.15) is 48.9 Å². The Hall–Kier alpha value is -2.08. The quantitative estimate of drug-likeness (QED) is 0.408. The molecule has 0 aromatic heterocycles. The van der Waals surface area contributed by atoms with Crippen molar-refractivity contribution in [1.82, 2.24) is 10.8 Å². The molecule has 0 spiro atoms. The van der Waals surface area contributed by atoms with Crippen LogP contribution in [0.15, 0.2) is 24.3 Å². The van der Waals surface area contributed by atoms with E-state index in [1.165, 1.54) is 24.9 Å². The van der Waals surface area contributed by atoms with Gasteiger partial charge in [-0.3, -0.25) is 14.8 Å². The molecule has 0 unspecified atom stereocenters. The first-order valence-electron chi connectivity index (χ1n) is 8.27. The van der Waals surface area contributed by atoms with Gasteiger partial charge in [-0.1, -0.05) is 0 Å². The third-order valence-electron chi connectivity index (χ3n) is 4.09. The maximum atomic E-state index is 12.0. The summed E-state index contributed by atoms with van der Waals surface area (Å²) in [6, 6.07) is 7.73. The highest BCUT2D eigenvalue weighted by molar-refractivity contribution is 5.94. The van der Waals surface area contributed by atoms with Crippen molar-refractivity contribution >= 4 is 17.5 Å². The molecule has 2 amide bonds. The topological polar surface area (TPSA) is 81.7 Å². The Balaban J connectivity index is 1.73. The molecular weight excluding hydrogens is 294 g/mol. The summed E-state index contributed by atoms with van der Waals surface area (Å²) in [6.45, 7) is 2.70. The fourth-order valence-electron chi connectivity index (χ4n) is 2.75. The summed E-state index contributed by atoms with van der Waals surface area (Å²) in [6.07, 6.45) is 5.35. The molecule has 0 bridgehead atoms. The third-order valence-corrected chi connectivity index (χ3v) is 4.09. The Bertz CT molecular complexity index is 510. The fourth-order valence-corrected chi connectivity index (χ4v) is 2.75. The molecule has 1 aliphatic heterocycles. The van der Waals surface area contributed by atoms with Crippen LogP contribution in [0, 0.1) is 0 Å².